The third kappa shape index (κ3) is 3.51. The van der Waals surface area contributed by atoms with Crippen LogP contribution in [0, 0.1) is 0 Å². The molecule has 1 heterocycles. The molecule has 0 unspecified atom stereocenters. The SMILES string of the molecule is COc1ccc(OCC(=O)N2CCOCC2)cc1N. The lowest BCUT2D eigenvalue weighted by Gasteiger charge is -2.26. The van der Waals surface area contributed by atoms with Crippen LogP contribution in [0.15, 0.2) is 18.2 Å². The molecule has 1 saturated heterocycles. The number of nitrogens with two attached hydrogens (primary N) is 1. The standard InChI is InChI=1S/C13H18N2O4/c1-17-12-3-2-10(8-11(12)14)19-9-13(16)15-4-6-18-7-5-15/h2-3,8H,4-7,9,14H2,1H3. The molecule has 2 rings (SSSR count). The maximum absolute atomic E-state index is 11.9. The average molecular weight is 266 g/mol. The lowest BCUT2D eigenvalue weighted by Crippen LogP contribution is -2.42. The number of benzene rings is 1. The van der Waals surface area contributed by atoms with Crippen LogP contribution in [0.2, 0.25) is 0 Å². The molecule has 19 heavy (non-hydrogen) atoms. The molecule has 1 aromatic carbocycles. The summed E-state index contributed by atoms with van der Waals surface area (Å²) in [5.41, 5.74) is 6.25. The normalized spacial score (nSPS) is 15.1. The Balaban J connectivity index is 1.87. The second-order valence-electron chi connectivity index (χ2n) is 4.19. The summed E-state index contributed by atoms with van der Waals surface area (Å²) in [5, 5.41) is 0. The van der Waals surface area contributed by atoms with Crippen LogP contribution < -0.4 is 15.2 Å². The second-order valence-corrected chi connectivity index (χ2v) is 4.19. The van der Waals surface area contributed by atoms with E-state index < -0.39 is 0 Å². The predicted molar refractivity (Wildman–Crippen MR) is 70.3 cm³/mol. The highest BCUT2D eigenvalue weighted by atomic mass is 16.5. The summed E-state index contributed by atoms with van der Waals surface area (Å²) < 4.78 is 15.7. The van der Waals surface area contributed by atoms with Gasteiger partial charge >= 0.3 is 0 Å². The number of carbonyl (C=O) groups excluding carboxylic acids is 1. The maximum Gasteiger partial charge on any atom is 0.260 e. The molecule has 1 amide bonds. The van der Waals surface area contributed by atoms with Gasteiger partial charge in [-0.25, -0.2) is 0 Å². The van der Waals surface area contributed by atoms with Crippen LogP contribution in [0.4, 0.5) is 5.69 Å². The van der Waals surface area contributed by atoms with E-state index in [2.05, 4.69) is 0 Å². The van der Waals surface area contributed by atoms with Crippen molar-refractivity contribution in [3.05, 3.63) is 18.2 Å². The number of anilines is 1. The first kappa shape index (κ1) is 13.5. The van der Waals surface area contributed by atoms with E-state index in [1.807, 2.05) is 0 Å². The van der Waals surface area contributed by atoms with E-state index in [0.717, 1.165) is 0 Å². The smallest absolute Gasteiger partial charge is 0.260 e. The molecule has 1 aliphatic heterocycles. The third-order valence-corrected chi connectivity index (χ3v) is 2.93. The van der Waals surface area contributed by atoms with E-state index in [-0.39, 0.29) is 12.5 Å². The Morgan fingerprint density at radius 1 is 1.42 bits per heavy atom. The van der Waals surface area contributed by atoms with Crippen LogP contribution in [-0.2, 0) is 9.53 Å². The third-order valence-electron chi connectivity index (χ3n) is 2.93. The zero-order valence-electron chi connectivity index (χ0n) is 10.9. The molecule has 0 bridgehead atoms. The van der Waals surface area contributed by atoms with Gasteiger partial charge in [-0.2, -0.15) is 0 Å². The fraction of sp³-hybridized carbons (Fsp3) is 0.462. The van der Waals surface area contributed by atoms with E-state index in [1.54, 1.807) is 30.2 Å². The summed E-state index contributed by atoms with van der Waals surface area (Å²) in [6, 6.07) is 5.08. The molecule has 2 N–H and O–H groups in total. The number of nitrogen functional groups attached to an aromatic ring is 1. The van der Waals surface area contributed by atoms with Gasteiger partial charge in [0.15, 0.2) is 6.61 Å². The molecule has 1 fully saturated rings. The van der Waals surface area contributed by atoms with Crippen molar-refractivity contribution >= 4 is 11.6 Å². The molecule has 6 nitrogen and oxygen atoms in total. The monoisotopic (exact) mass is 266 g/mol. The summed E-state index contributed by atoms with van der Waals surface area (Å²) >= 11 is 0. The molecule has 0 spiro atoms. The van der Waals surface area contributed by atoms with Gasteiger partial charge in [0, 0.05) is 19.2 Å². The number of ether oxygens (including phenoxy) is 3. The highest BCUT2D eigenvalue weighted by molar-refractivity contribution is 5.78. The van der Waals surface area contributed by atoms with Crippen LogP contribution in [0.3, 0.4) is 0 Å². The highest BCUT2D eigenvalue weighted by Crippen LogP contribution is 2.25. The number of rotatable bonds is 4. The molecule has 0 aromatic heterocycles. The predicted octanol–water partition coefficient (Wildman–Crippen LogP) is 0.515. The van der Waals surface area contributed by atoms with Crippen molar-refractivity contribution in [1.29, 1.82) is 0 Å². The van der Waals surface area contributed by atoms with Crippen LogP contribution >= 0.6 is 0 Å². The maximum atomic E-state index is 11.9. The first-order valence-electron chi connectivity index (χ1n) is 6.12. The van der Waals surface area contributed by atoms with Crippen molar-refractivity contribution in [3.63, 3.8) is 0 Å². The zero-order valence-corrected chi connectivity index (χ0v) is 10.9. The first-order chi connectivity index (χ1) is 9.20. The van der Waals surface area contributed by atoms with Crippen molar-refractivity contribution in [3.8, 4) is 11.5 Å². The molecule has 1 aliphatic rings. The Hall–Kier alpha value is -1.95. The highest BCUT2D eigenvalue weighted by Gasteiger charge is 2.17. The number of morpholine rings is 1. The van der Waals surface area contributed by atoms with Gasteiger partial charge in [0.05, 0.1) is 26.0 Å². The molecule has 1 aromatic rings. The lowest BCUT2D eigenvalue weighted by atomic mass is 10.3. The fourth-order valence-corrected chi connectivity index (χ4v) is 1.85. The summed E-state index contributed by atoms with van der Waals surface area (Å²) in [7, 11) is 1.55. The molecular formula is C13H18N2O4. The van der Waals surface area contributed by atoms with Crippen LogP contribution in [-0.4, -0.2) is 50.8 Å². The van der Waals surface area contributed by atoms with Gasteiger partial charge in [0.2, 0.25) is 0 Å². The number of nitrogens with zero attached hydrogens (tertiary/aromatic N) is 1. The minimum absolute atomic E-state index is 0.00572. The second kappa shape index (κ2) is 6.29. The van der Waals surface area contributed by atoms with Crippen molar-refractivity contribution in [2.24, 2.45) is 0 Å². The number of hydrogen-bond acceptors (Lipinski definition) is 5. The number of hydrogen-bond donors (Lipinski definition) is 1. The van der Waals surface area contributed by atoms with Gasteiger partial charge in [0.1, 0.15) is 11.5 Å². The molecule has 0 atom stereocenters. The average Bonchev–Trinajstić information content (AvgIpc) is 2.46. The molecule has 0 saturated carbocycles. The van der Waals surface area contributed by atoms with E-state index in [4.69, 9.17) is 19.9 Å². The van der Waals surface area contributed by atoms with E-state index >= 15 is 0 Å². The Morgan fingerprint density at radius 3 is 2.79 bits per heavy atom. The lowest BCUT2D eigenvalue weighted by molar-refractivity contribution is -0.137. The van der Waals surface area contributed by atoms with Crippen LogP contribution in [0.5, 0.6) is 11.5 Å². The topological polar surface area (TPSA) is 74.0 Å². The Bertz CT molecular complexity index is 444. The summed E-state index contributed by atoms with van der Waals surface area (Å²) in [6.45, 7) is 2.41. The molecule has 104 valence electrons. The molecule has 6 heteroatoms. The van der Waals surface area contributed by atoms with Crippen molar-refractivity contribution in [1.82, 2.24) is 4.90 Å². The number of amides is 1. The van der Waals surface area contributed by atoms with E-state index in [1.165, 1.54) is 0 Å². The van der Waals surface area contributed by atoms with Gasteiger partial charge < -0.3 is 24.8 Å². The molecular weight excluding hydrogens is 248 g/mol. The minimum Gasteiger partial charge on any atom is -0.495 e. The number of carbonyl (C=O) groups is 1. The van der Waals surface area contributed by atoms with Crippen molar-refractivity contribution in [2.45, 2.75) is 0 Å². The van der Waals surface area contributed by atoms with E-state index in [0.29, 0.717) is 43.5 Å². The summed E-state index contributed by atoms with van der Waals surface area (Å²) in [6.07, 6.45) is 0. The summed E-state index contributed by atoms with van der Waals surface area (Å²) in [4.78, 5) is 13.6. The summed E-state index contributed by atoms with van der Waals surface area (Å²) in [5.74, 6) is 1.10. The van der Waals surface area contributed by atoms with Gasteiger partial charge in [-0.1, -0.05) is 0 Å². The first-order valence-corrected chi connectivity index (χ1v) is 6.12. The van der Waals surface area contributed by atoms with Gasteiger partial charge in [-0.3, -0.25) is 4.79 Å². The van der Waals surface area contributed by atoms with Crippen LogP contribution in [0.25, 0.3) is 0 Å². The van der Waals surface area contributed by atoms with Gasteiger partial charge in [-0.15, -0.1) is 0 Å². The van der Waals surface area contributed by atoms with E-state index in [9.17, 15) is 4.79 Å². The fourth-order valence-electron chi connectivity index (χ4n) is 1.85. The Kier molecular flexibility index (Phi) is 4.46. The minimum atomic E-state index is -0.0438. The van der Waals surface area contributed by atoms with Crippen LogP contribution in [0.1, 0.15) is 0 Å². The molecule has 0 aliphatic carbocycles. The number of methoxy groups -OCH3 is 1. The molecule has 0 radical (unpaired) electrons. The zero-order chi connectivity index (χ0) is 13.7. The quantitative estimate of drug-likeness (QED) is 0.804. The Labute approximate surface area is 112 Å². The largest absolute Gasteiger partial charge is 0.495 e. The van der Waals surface area contributed by atoms with Crippen molar-refractivity contribution < 1.29 is 19.0 Å². The van der Waals surface area contributed by atoms with Gasteiger partial charge in [0.25, 0.3) is 5.91 Å². The Morgan fingerprint density at radius 2 is 2.16 bits per heavy atom. The van der Waals surface area contributed by atoms with Crippen molar-refractivity contribution in [2.75, 3.05) is 45.8 Å². The van der Waals surface area contributed by atoms with Gasteiger partial charge in [-0.05, 0) is 12.1 Å².